The number of thioether (sulfide) groups is 1. The van der Waals surface area contributed by atoms with Crippen molar-refractivity contribution in [1.29, 1.82) is 0 Å². The van der Waals surface area contributed by atoms with Crippen LogP contribution in [0.25, 0.3) is 0 Å². The van der Waals surface area contributed by atoms with Gasteiger partial charge in [-0.05, 0) is 45.8 Å². The predicted molar refractivity (Wildman–Crippen MR) is 90.9 cm³/mol. The summed E-state index contributed by atoms with van der Waals surface area (Å²) >= 11 is 1.85. The van der Waals surface area contributed by atoms with Gasteiger partial charge in [0.2, 0.25) is 0 Å². The Morgan fingerprint density at radius 2 is 1.95 bits per heavy atom. The Hall–Kier alpha value is -0.460. The van der Waals surface area contributed by atoms with Crippen LogP contribution in [0.5, 0.6) is 0 Å². The fraction of sp³-hybridized carbons (Fsp3) is 0.929. The second kappa shape index (κ2) is 11.2. The standard InChI is InChI=1S/C14H31N5S/c1-15-14(17-7-13-20-3)16-6-4-9-19-10-5-8-18(2)11-12-19/h4-13H2,1-3H3,(H2,15,16,17). The first-order valence-corrected chi connectivity index (χ1v) is 9.00. The molecule has 0 aromatic carbocycles. The number of aliphatic imine (C=N–C) groups is 1. The first kappa shape index (κ1) is 17.6. The lowest BCUT2D eigenvalue weighted by Crippen LogP contribution is -2.40. The molecule has 6 heteroatoms. The molecule has 20 heavy (non-hydrogen) atoms. The number of nitrogens with zero attached hydrogens (tertiary/aromatic N) is 3. The van der Waals surface area contributed by atoms with Crippen LogP contribution in [0, 0.1) is 0 Å². The minimum atomic E-state index is 0.926. The molecule has 1 aliphatic rings. The smallest absolute Gasteiger partial charge is 0.191 e. The molecule has 118 valence electrons. The lowest BCUT2D eigenvalue weighted by atomic mass is 10.3. The Labute approximate surface area is 128 Å². The number of likely N-dealkylation sites (N-methyl/N-ethyl adjacent to an activating group) is 1. The molecule has 5 nitrogen and oxygen atoms in total. The largest absolute Gasteiger partial charge is 0.356 e. The molecule has 1 rings (SSSR count). The molecule has 1 saturated heterocycles. The zero-order valence-corrected chi connectivity index (χ0v) is 14.1. The van der Waals surface area contributed by atoms with Crippen molar-refractivity contribution in [3.8, 4) is 0 Å². The van der Waals surface area contributed by atoms with Crippen LogP contribution in [0.2, 0.25) is 0 Å². The van der Waals surface area contributed by atoms with E-state index in [0.29, 0.717) is 0 Å². The van der Waals surface area contributed by atoms with E-state index in [0.717, 1.165) is 24.8 Å². The highest BCUT2D eigenvalue weighted by atomic mass is 32.2. The van der Waals surface area contributed by atoms with Gasteiger partial charge in [-0.25, -0.2) is 0 Å². The van der Waals surface area contributed by atoms with E-state index in [4.69, 9.17) is 0 Å². The molecule has 0 atom stereocenters. The molecule has 0 radical (unpaired) electrons. The van der Waals surface area contributed by atoms with Gasteiger partial charge in [0.05, 0.1) is 0 Å². The molecule has 0 unspecified atom stereocenters. The van der Waals surface area contributed by atoms with Crippen molar-refractivity contribution >= 4 is 17.7 Å². The third-order valence-electron chi connectivity index (χ3n) is 3.58. The lowest BCUT2D eigenvalue weighted by molar-refractivity contribution is 0.274. The summed E-state index contributed by atoms with van der Waals surface area (Å²) < 4.78 is 0. The molecule has 2 N–H and O–H groups in total. The van der Waals surface area contributed by atoms with Gasteiger partial charge >= 0.3 is 0 Å². The summed E-state index contributed by atoms with van der Waals surface area (Å²) in [5.74, 6) is 2.04. The zero-order chi connectivity index (χ0) is 14.6. The normalized spacial score (nSPS) is 18.9. The summed E-state index contributed by atoms with van der Waals surface area (Å²) in [5, 5.41) is 6.71. The molecule has 1 aliphatic heterocycles. The van der Waals surface area contributed by atoms with Gasteiger partial charge in [0.1, 0.15) is 0 Å². The highest BCUT2D eigenvalue weighted by Gasteiger charge is 2.11. The van der Waals surface area contributed by atoms with E-state index in [1.54, 1.807) is 0 Å². The topological polar surface area (TPSA) is 42.9 Å². The molecular weight excluding hydrogens is 270 g/mol. The van der Waals surface area contributed by atoms with Gasteiger partial charge in [0.25, 0.3) is 0 Å². The Bertz CT molecular complexity index is 272. The van der Waals surface area contributed by atoms with E-state index in [9.17, 15) is 0 Å². The Morgan fingerprint density at radius 1 is 1.15 bits per heavy atom. The van der Waals surface area contributed by atoms with Crippen LogP contribution in [0.1, 0.15) is 12.8 Å². The predicted octanol–water partition coefficient (Wildman–Crippen LogP) is 0.542. The van der Waals surface area contributed by atoms with E-state index in [1.165, 1.54) is 45.6 Å². The molecular formula is C14H31N5S. The van der Waals surface area contributed by atoms with Crippen molar-refractivity contribution < 1.29 is 0 Å². The molecule has 0 bridgehead atoms. The molecule has 0 aromatic rings. The van der Waals surface area contributed by atoms with E-state index in [-0.39, 0.29) is 0 Å². The average molecular weight is 302 g/mol. The molecule has 1 heterocycles. The summed E-state index contributed by atoms with van der Waals surface area (Å²) in [6.07, 6.45) is 4.59. The Kier molecular flexibility index (Phi) is 9.87. The summed E-state index contributed by atoms with van der Waals surface area (Å²) in [4.78, 5) is 9.24. The summed E-state index contributed by atoms with van der Waals surface area (Å²) in [5.41, 5.74) is 0. The monoisotopic (exact) mass is 301 g/mol. The van der Waals surface area contributed by atoms with Crippen LogP contribution in [-0.2, 0) is 0 Å². The van der Waals surface area contributed by atoms with Crippen LogP contribution in [0.15, 0.2) is 4.99 Å². The van der Waals surface area contributed by atoms with E-state index >= 15 is 0 Å². The first-order chi connectivity index (χ1) is 9.76. The number of hydrogen-bond acceptors (Lipinski definition) is 4. The van der Waals surface area contributed by atoms with E-state index in [1.807, 2.05) is 18.8 Å². The summed E-state index contributed by atoms with van der Waals surface area (Å²) in [6.45, 7) is 8.03. The molecule has 0 amide bonds. The van der Waals surface area contributed by atoms with Crippen LogP contribution in [0.4, 0.5) is 0 Å². The quantitative estimate of drug-likeness (QED) is 0.408. The fourth-order valence-corrected chi connectivity index (χ4v) is 2.63. The molecule has 0 saturated carbocycles. The number of hydrogen-bond donors (Lipinski definition) is 2. The fourth-order valence-electron chi connectivity index (χ4n) is 2.33. The second-order valence-corrected chi connectivity index (χ2v) is 6.26. The second-order valence-electron chi connectivity index (χ2n) is 5.27. The van der Waals surface area contributed by atoms with Gasteiger partial charge in [0, 0.05) is 39.0 Å². The van der Waals surface area contributed by atoms with Crippen LogP contribution in [0.3, 0.4) is 0 Å². The number of rotatable bonds is 7. The Balaban J connectivity index is 2.07. The Morgan fingerprint density at radius 3 is 2.70 bits per heavy atom. The average Bonchev–Trinajstić information content (AvgIpc) is 2.66. The SMILES string of the molecule is CN=C(NCCCN1CCCN(C)CC1)NCCSC. The minimum Gasteiger partial charge on any atom is -0.356 e. The van der Waals surface area contributed by atoms with Gasteiger partial charge in [-0.2, -0.15) is 11.8 Å². The minimum absolute atomic E-state index is 0.926. The van der Waals surface area contributed by atoms with Crippen molar-refractivity contribution in [2.75, 3.05) is 71.9 Å². The third kappa shape index (κ3) is 7.97. The van der Waals surface area contributed by atoms with Crippen molar-refractivity contribution in [1.82, 2.24) is 20.4 Å². The highest BCUT2D eigenvalue weighted by molar-refractivity contribution is 7.98. The summed E-state index contributed by atoms with van der Waals surface area (Å²) in [7, 11) is 4.05. The van der Waals surface area contributed by atoms with Gasteiger partial charge in [-0.1, -0.05) is 0 Å². The van der Waals surface area contributed by atoms with Crippen LogP contribution in [-0.4, -0.2) is 87.7 Å². The van der Waals surface area contributed by atoms with Crippen molar-refractivity contribution in [2.45, 2.75) is 12.8 Å². The van der Waals surface area contributed by atoms with Crippen molar-refractivity contribution in [3.63, 3.8) is 0 Å². The van der Waals surface area contributed by atoms with Gasteiger partial charge in [-0.15, -0.1) is 0 Å². The number of guanidine groups is 1. The summed E-state index contributed by atoms with van der Waals surface area (Å²) in [6, 6.07) is 0. The van der Waals surface area contributed by atoms with Gasteiger partial charge in [-0.3, -0.25) is 4.99 Å². The number of nitrogens with one attached hydrogen (secondary N) is 2. The maximum Gasteiger partial charge on any atom is 0.191 e. The van der Waals surface area contributed by atoms with Crippen LogP contribution < -0.4 is 10.6 Å². The maximum absolute atomic E-state index is 4.23. The zero-order valence-electron chi connectivity index (χ0n) is 13.3. The molecule has 0 aromatic heterocycles. The van der Waals surface area contributed by atoms with Gasteiger partial charge < -0.3 is 20.4 Å². The van der Waals surface area contributed by atoms with E-state index in [2.05, 4.69) is 38.7 Å². The first-order valence-electron chi connectivity index (χ1n) is 7.60. The van der Waals surface area contributed by atoms with Crippen LogP contribution >= 0.6 is 11.8 Å². The molecule has 1 fully saturated rings. The van der Waals surface area contributed by atoms with Crippen molar-refractivity contribution in [2.24, 2.45) is 4.99 Å². The van der Waals surface area contributed by atoms with Gasteiger partial charge in [0.15, 0.2) is 5.96 Å². The highest BCUT2D eigenvalue weighted by Crippen LogP contribution is 2.01. The lowest BCUT2D eigenvalue weighted by Gasteiger charge is -2.20. The molecule has 0 aliphatic carbocycles. The molecule has 0 spiro atoms. The maximum atomic E-state index is 4.23. The van der Waals surface area contributed by atoms with Crippen molar-refractivity contribution in [3.05, 3.63) is 0 Å². The van der Waals surface area contributed by atoms with E-state index < -0.39 is 0 Å². The third-order valence-corrected chi connectivity index (χ3v) is 4.19.